The predicted octanol–water partition coefficient (Wildman–Crippen LogP) is 3.91. The summed E-state index contributed by atoms with van der Waals surface area (Å²) in [6, 6.07) is 7.12. The van der Waals surface area contributed by atoms with Crippen molar-refractivity contribution in [1.82, 2.24) is 14.5 Å². The molecule has 3 aliphatic heterocycles. The standard InChI is InChI=1S/C17H22ClN3/c1-11-3-4-15-14(9-11)19-17(12(2)18)21(15)16-10-20-7-5-13(16)6-8-20/h3-4,9,12-13,16H,5-8,10H2,1-2H3. The van der Waals surface area contributed by atoms with Gasteiger partial charge in [0.05, 0.1) is 22.5 Å². The normalized spacial score (nSPS) is 30.0. The number of alkyl halides is 1. The molecule has 3 nitrogen and oxygen atoms in total. The highest BCUT2D eigenvalue weighted by molar-refractivity contribution is 6.20. The molecule has 3 aliphatic rings. The van der Waals surface area contributed by atoms with Gasteiger partial charge >= 0.3 is 0 Å². The van der Waals surface area contributed by atoms with E-state index in [-0.39, 0.29) is 5.38 Å². The van der Waals surface area contributed by atoms with Crippen LogP contribution in [0.1, 0.15) is 42.6 Å². The van der Waals surface area contributed by atoms with E-state index in [0.717, 1.165) is 23.8 Å². The highest BCUT2D eigenvalue weighted by Crippen LogP contribution is 2.39. The van der Waals surface area contributed by atoms with Gasteiger partial charge in [0.2, 0.25) is 0 Å². The average molecular weight is 304 g/mol. The number of aromatic nitrogens is 2. The van der Waals surface area contributed by atoms with Crippen molar-refractivity contribution in [3.63, 3.8) is 0 Å². The molecule has 4 heterocycles. The summed E-state index contributed by atoms with van der Waals surface area (Å²) in [7, 11) is 0. The molecule has 2 aromatic rings. The minimum atomic E-state index is -0.0480. The fourth-order valence-corrected chi connectivity index (χ4v) is 4.24. The highest BCUT2D eigenvalue weighted by atomic mass is 35.5. The van der Waals surface area contributed by atoms with Crippen LogP contribution in [0.25, 0.3) is 11.0 Å². The molecule has 0 saturated carbocycles. The average Bonchev–Trinajstić information content (AvgIpc) is 2.87. The van der Waals surface area contributed by atoms with Gasteiger partial charge in [-0.25, -0.2) is 4.98 Å². The Hall–Kier alpha value is -1.06. The van der Waals surface area contributed by atoms with Crippen LogP contribution in [0.3, 0.4) is 0 Å². The lowest BCUT2D eigenvalue weighted by molar-refractivity contribution is 0.0575. The van der Waals surface area contributed by atoms with Crippen LogP contribution in [-0.4, -0.2) is 34.1 Å². The summed E-state index contributed by atoms with van der Waals surface area (Å²) in [6.45, 7) is 7.84. The smallest absolute Gasteiger partial charge is 0.128 e. The number of rotatable bonds is 2. The zero-order valence-electron chi connectivity index (χ0n) is 12.7. The molecule has 112 valence electrons. The van der Waals surface area contributed by atoms with Gasteiger partial charge in [-0.1, -0.05) is 6.07 Å². The van der Waals surface area contributed by atoms with Gasteiger partial charge in [-0.15, -0.1) is 11.6 Å². The van der Waals surface area contributed by atoms with Crippen LogP contribution < -0.4 is 0 Å². The number of fused-ring (bicyclic) bond motifs is 4. The van der Waals surface area contributed by atoms with Crippen molar-refractivity contribution in [3.05, 3.63) is 29.6 Å². The Labute approximate surface area is 130 Å². The number of hydrogen-bond donors (Lipinski definition) is 0. The van der Waals surface area contributed by atoms with Gasteiger partial charge in [0.1, 0.15) is 5.82 Å². The molecule has 4 heteroatoms. The Morgan fingerprint density at radius 2 is 2.05 bits per heavy atom. The number of benzene rings is 1. The third-order valence-corrected chi connectivity index (χ3v) is 5.38. The van der Waals surface area contributed by atoms with Gasteiger partial charge in [0.15, 0.2) is 0 Å². The number of halogens is 1. The van der Waals surface area contributed by atoms with Crippen LogP contribution in [0.15, 0.2) is 18.2 Å². The number of nitrogens with zero attached hydrogens (tertiary/aromatic N) is 3. The summed E-state index contributed by atoms with van der Waals surface area (Å²) in [4.78, 5) is 7.43. The van der Waals surface area contributed by atoms with Gasteiger partial charge in [-0.3, -0.25) is 0 Å². The van der Waals surface area contributed by atoms with E-state index in [2.05, 4.69) is 34.6 Å². The van der Waals surface area contributed by atoms with E-state index in [9.17, 15) is 0 Å². The molecule has 0 radical (unpaired) electrons. The minimum absolute atomic E-state index is 0.0480. The molecule has 0 spiro atoms. The number of imidazole rings is 1. The van der Waals surface area contributed by atoms with Crippen molar-refractivity contribution in [1.29, 1.82) is 0 Å². The van der Waals surface area contributed by atoms with Crippen molar-refractivity contribution in [2.45, 2.75) is 38.1 Å². The molecular formula is C17H22ClN3. The fourth-order valence-electron chi connectivity index (χ4n) is 4.08. The molecule has 3 saturated heterocycles. The zero-order valence-corrected chi connectivity index (χ0v) is 13.5. The van der Waals surface area contributed by atoms with E-state index in [0.29, 0.717) is 6.04 Å². The predicted molar refractivity (Wildman–Crippen MR) is 86.9 cm³/mol. The molecule has 5 rings (SSSR count). The topological polar surface area (TPSA) is 21.1 Å². The van der Waals surface area contributed by atoms with Gasteiger partial charge in [0, 0.05) is 6.54 Å². The van der Waals surface area contributed by atoms with Crippen LogP contribution in [0.4, 0.5) is 0 Å². The summed E-state index contributed by atoms with van der Waals surface area (Å²) in [5, 5.41) is -0.0480. The van der Waals surface area contributed by atoms with Gasteiger partial charge in [-0.2, -0.15) is 0 Å². The maximum atomic E-state index is 6.44. The van der Waals surface area contributed by atoms with Gasteiger partial charge < -0.3 is 9.47 Å². The van der Waals surface area contributed by atoms with Gasteiger partial charge in [-0.05, 0) is 63.4 Å². The molecule has 21 heavy (non-hydrogen) atoms. The van der Waals surface area contributed by atoms with Crippen molar-refractivity contribution in [2.75, 3.05) is 19.6 Å². The quantitative estimate of drug-likeness (QED) is 0.784. The minimum Gasteiger partial charge on any atom is -0.322 e. The SMILES string of the molecule is Cc1ccc2c(c1)nc(C(C)Cl)n2C1CN2CCC1CC2. The van der Waals surface area contributed by atoms with E-state index in [1.165, 1.54) is 37.0 Å². The van der Waals surface area contributed by atoms with Crippen LogP contribution in [-0.2, 0) is 0 Å². The molecule has 0 N–H and O–H groups in total. The Balaban J connectivity index is 1.88. The van der Waals surface area contributed by atoms with E-state index in [1.807, 2.05) is 6.92 Å². The molecule has 0 amide bonds. The van der Waals surface area contributed by atoms with Crippen LogP contribution in [0.5, 0.6) is 0 Å². The third-order valence-electron chi connectivity index (χ3n) is 5.18. The number of hydrogen-bond acceptors (Lipinski definition) is 2. The summed E-state index contributed by atoms with van der Waals surface area (Å²) >= 11 is 6.44. The lowest BCUT2D eigenvalue weighted by Gasteiger charge is -2.46. The van der Waals surface area contributed by atoms with Crippen molar-refractivity contribution < 1.29 is 0 Å². The Morgan fingerprint density at radius 3 is 2.67 bits per heavy atom. The van der Waals surface area contributed by atoms with E-state index >= 15 is 0 Å². The molecule has 3 fully saturated rings. The summed E-state index contributed by atoms with van der Waals surface area (Å²) in [5.41, 5.74) is 3.60. The van der Waals surface area contributed by atoms with Crippen molar-refractivity contribution in [2.24, 2.45) is 5.92 Å². The summed E-state index contributed by atoms with van der Waals surface area (Å²) in [6.07, 6.45) is 2.62. The van der Waals surface area contributed by atoms with Gasteiger partial charge in [0.25, 0.3) is 0 Å². The maximum absolute atomic E-state index is 6.44. The molecular weight excluding hydrogens is 282 g/mol. The van der Waals surface area contributed by atoms with Crippen molar-refractivity contribution in [3.8, 4) is 0 Å². The molecule has 1 aromatic heterocycles. The Kier molecular flexibility index (Phi) is 3.23. The maximum Gasteiger partial charge on any atom is 0.128 e. The molecule has 2 bridgehead atoms. The molecule has 2 unspecified atom stereocenters. The van der Waals surface area contributed by atoms with Crippen LogP contribution in [0.2, 0.25) is 0 Å². The molecule has 2 atom stereocenters. The van der Waals surface area contributed by atoms with E-state index in [1.54, 1.807) is 0 Å². The first-order chi connectivity index (χ1) is 10.1. The number of piperidine rings is 3. The summed E-state index contributed by atoms with van der Waals surface area (Å²) < 4.78 is 2.45. The fraction of sp³-hybridized carbons (Fsp3) is 0.588. The van der Waals surface area contributed by atoms with Crippen molar-refractivity contribution >= 4 is 22.6 Å². The highest BCUT2D eigenvalue weighted by Gasteiger charge is 2.37. The second-order valence-electron chi connectivity index (χ2n) is 6.65. The first kappa shape index (κ1) is 13.6. The summed E-state index contributed by atoms with van der Waals surface area (Å²) in [5.74, 6) is 1.82. The van der Waals surface area contributed by atoms with Crippen LogP contribution >= 0.6 is 11.6 Å². The Bertz CT molecular complexity index is 668. The largest absolute Gasteiger partial charge is 0.322 e. The molecule has 0 aliphatic carbocycles. The third kappa shape index (κ3) is 2.18. The zero-order chi connectivity index (χ0) is 14.6. The molecule has 1 aromatic carbocycles. The second kappa shape index (κ2) is 4.99. The first-order valence-electron chi connectivity index (χ1n) is 7.98. The van der Waals surface area contributed by atoms with E-state index in [4.69, 9.17) is 16.6 Å². The monoisotopic (exact) mass is 303 g/mol. The lowest BCUT2D eigenvalue weighted by atomic mass is 9.83. The first-order valence-corrected chi connectivity index (χ1v) is 8.42. The van der Waals surface area contributed by atoms with Crippen LogP contribution in [0, 0.1) is 12.8 Å². The number of aryl methyl sites for hydroxylation is 1. The Morgan fingerprint density at radius 1 is 1.29 bits per heavy atom. The lowest BCUT2D eigenvalue weighted by Crippen LogP contribution is -2.48. The van der Waals surface area contributed by atoms with E-state index < -0.39 is 0 Å². The second-order valence-corrected chi connectivity index (χ2v) is 7.31.